The van der Waals surface area contributed by atoms with Crippen LogP contribution in [0.1, 0.15) is 40.0 Å². The van der Waals surface area contributed by atoms with E-state index in [-0.39, 0.29) is 38.9 Å². The molecule has 2 heterocycles. The maximum absolute atomic E-state index is 15.3. The van der Waals surface area contributed by atoms with E-state index in [2.05, 4.69) is 0 Å². The lowest BCUT2D eigenvalue weighted by molar-refractivity contribution is -0.120. The second-order valence-corrected chi connectivity index (χ2v) is 10.9. The van der Waals surface area contributed by atoms with Gasteiger partial charge in [0.1, 0.15) is 17.6 Å². The summed E-state index contributed by atoms with van der Waals surface area (Å²) in [5, 5.41) is 0.164. The fraction of sp³-hybridized carbons (Fsp3) is 0.152. The van der Waals surface area contributed by atoms with Gasteiger partial charge in [-0.2, -0.15) is 0 Å². The Labute approximate surface area is 258 Å². The summed E-state index contributed by atoms with van der Waals surface area (Å²) in [5.74, 6) is -2.04. The molecule has 0 spiro atoms. The lowest BCUT2D eigenvalue weighted by atomic mass is 10.0. The maximum Gasteiger partial charge on any atom is 0.265 e. The second kappa shape index (κ2) is 11.9. The fourth-order valence-corrected chi connectivity index (χ4v) is 5.95. The first-order chi connectivity index (χ1) is 20.8. The summed E-state index contributed by atoms with van der Waals surface area (Å²) >= 11 is 12.0. The van der Waals surface area contributed by atoms with Crippen molar-refractivity contribution in [3.05, 3.63) is 119 Å². The molecule has 6 rings (SSSR count). The third-order valence-corrected chi connectivity index (χ3v) is 8.17. The van der Waals surface area contributed by atoms with E-state index < -0.39 is 23.7 Å². The fourth-order valence-electron chi connectivity index (χ4n) is 5.36. The molecule has 4 aromatic carbocycles. The van der Waals surface area contributed by atoms with Gasteiger partial charge in [-0.1, -0.05) is 60.1 Å². The van der Waals surface area contributed by atoms with Gasteiger partial charge >= 0.3 is 0 Å². The summed E-state index contributed by atoms with van der Waals surface area (Å²) in [6, 6.07) is 25.3. The van der Waals surface area contributed by atoms with E-state index in [1.54, 1.807) is 84.9 Å². The first kappa shape index (κ1) is 28.5. The van der Waals surface area contributed by atoms with E-state index in [0.29, 0.717) is 24.1 Å². The van der Waals surface area contributed by atoms with E-state index in [0.717, 1.165) is 23.8 Å². The van der Waals surface area contributed by atoms with Crippen molar-refractivity contribution in [1.82, 2.24) is 4.90 Å². The monoisotopic (exact) mass is 613 g/mol. The minimum Gasteiger partial charge on any atom is -0.454 e. The highest BCUT2D eigenvalue weighted by molar-refractivity contribution is 7.80. The van der Waals surface area contributed by atoms with Crippen LogP contribution in [0.3, 0.4) is 0 Å². The number of fused-ring (bicyclic) bond motifs is 1. The van der Waals surface area contributed by atoms with Gasteiger partial charge < -0.3 is 9.64 Å². The van der Waals surface area contributed by atoms with Gasteiger partial charge in [0.2, 0.25) is 0 Å². The van der Waals surface area contributed by atoms with Crippen molar-refractivity contribution >= 4 is 58.0 Å². The Morgan fingerprint density at radius 2 is 1.47 bits per heavy atom. The highest BCUT2D eigenvalue weighted by Gasteiger charge is 2.45. The lowest BCUT2D eigenvalue weighted by Gasteiger charge is -2.28. The third-order valence-electron chi connectivity index (χ3n) is 7.46. The first-order valence-electron chi connectivity index (χ1n) is 13.7. The molecule has 43 heavy (non-hydrogen) atoms. The minimum absolute atomic E-state index is 0.0188. The number of rotatable bonds is 6. The van der Waals surface area contributed by atoms with Crippen LogP contribution in [0.25, 0.3) is 0 Å². The highest BCUT2D eigenvalue weighted by atomic mass is 35.5. The topological polar surface area (TPSA) is 70.2 Å². The van der Waals surface area contributed by atoms with Crippen molar-refractivity contribution in [3.8, 4) is 11.5 Å². The van der Waals surface area contributed by atoms with Crippen LogP contribution in [0.4, 0.5) is 15.8 Å². The van der Waals surface area contributed by atoms with Crippen LogP contribution < -0.4 is 14.5 Å². The van der Waals surface area contributed by atoms with Crippen molar-refractivity contribution in [2.75, 3.05) is 16.3 Å². The standard InChI is InChI=1S/C33H25ClFN3O4S/c34-23-19-24(35)27(38-32(41)26-16-9-10-18-36(26)33(38)43)20-29(23)42-28-17-8-7-15-25(28)37(30(39)21-11-3-1-4-12-21)31(40)22-13-5-2-6-14-22/h1-8,11-15,17,19-20,26H,9-10,16,18H2. The highest BCUT2D eigenvalue weighted by Crippen LogP contribution is 2.41. The number of halogens is 2. The van der Waals surface area contributed by atoms with E-state index in [1.807, 2.05) is 4.90 Å². The number of thiocarbonyl (C=S) groups is 1. The summed E-state index contributed by atoms with van der Waals surface area (Å²) in [7, 11) is 0. The van der Waals surface area contributed by atoms with Gasteiger partial charge in [-0.25, -0.2) is 9.29 Å². The predicted molar refractivity (Wildman–Crippen MR) is 166 cm³/mol. The Morgan fingerprint density at radius 3 is 2.09 bits per heavy atom. The summed E-state index contributed by atoms with van der Waals surface area (Å²) in [6.45, 7) is 0.623. The van der Waals surface area contributed by atoms with Gasteiger partial charge in [-0.3, -0.25) is 19.3 Å². The maximum atomic E-state index is 15.3. The van der Waals surface area contributed by atoms with Gasteiger partial charge in [0, 0.05) is 23.7 Å². The molecule has 0 bridgehead atoms. The van der Waals surface area contributed by atoms with E-state index in [4.69, 9.17) is 28.6 Å². The van der Waals surface area contributed by atoms with E-state index >= 15 is 4.39 Å². The molecule has 2 aliphatic heterocycles. The zero-order valence-electron chi connectivity index (χ0n) is 22.8. The normalized spacial score (nSPS) is 16.2. The third kappa shape index (κ3) is 5.37. The molecule has 3 amide bonds. The number of amides is 3. The van der Waals surface area contributed by atoms with Crippen LogP contribution in [0, 0.1) is 5.82 Å². The predicted octanol–water partition coefficient (Wildman–Crippen LogP) is 7.24. The molecule has 0 saturated carbocycles. The quantitative estimate of drug-likeness (QED) is 0.169. The summed E-state index contributed by atoms with van der Waals surface area (Å²) in [5.41, 5.74) is 0.651. The molecular formula is C33H25ClFN3O4S. The summed E-state index contributed by atoms with van der Waals surface area (Å²) < 4.78 is 21.5. The molecule has 4 aromatic rings. The molecular weight excluding hydrogens is 589 g/mol. The molecule has 2 fully saturated rings. The average molecular weight is 614 g/mol. The number of carbonyl (C=O) groups excluding carboxylic acids is 3. The number of imide groups is 1. The number of carbonyl (C=O) groups is 3. The molecule has 0 aliphatic carbocycles. The largest absolute Gasteiger partial charge is 0.454 e. The molecule has 0 radical (unpaired) electrons. The minimum atomic E-state index is -0.735. The Bertz CT molecular complexity index is 1660. The number of para-hydroxylation sites is 2. The zero-order chi connectivity index (χ0) is 30.1. The van der Waals surface area contributed by atoms with Crippen molar-refractivity contribution in [2.45, 2.75) is 25.3 Å². The van der Waals surface area contributed by atoms with Crippen molar-refractivity contribution in [2.24, 2.45) is 0 Å². The number of hydrogen-bond acceptors (Lipinski definition) is 5. The van der Waals surface area contributed by atoms with Crippen LogP contribution in [0.5, 0.6) is 11.5 Å². The number of anilines is 2. The Hall–Kier alpha value is -4.60. The molecule has 2 aliphatic rings. The average Bonchev–Trinajstić information content (AvgIpc) is 3.29. The number of benzene rings is 4. The lowest BCUT2D eigenvalue weighted by Crippen LogP contribution is -2.38. The molecule has 0 aromatic heterocycles. The summed E-state index contributed by atoms with van der Waals surface area (Å²) in [6.07, 6.45) is 2.42. The van der Waals surface area contributed by atoms with Crippen LogP contribution in [0.2, 0.25) is 5.02 Å². The Morgan fingerprint density at radius 1 is 0.860 bits per heavy atom. The van der Waals surface area contributed by atoms with Crippen LogP contribution >= 0.6 is 23.8 Å². The van der Waals surface area contributed by atoms with Crippen LogP contribution in [-0.4, -0.2) is 40.3 Å². The van der Waals surface area contributed by atoms with Crippen LogP contribution in [0.15, 0.2) is 97.1 Å². The Kier molecular flexibility index (Phi) is 7.92. The van der Waals surface area contributed by atoms with Crippen LogP contribution in [-0.2, 0) is 4.79 Å². The van der Waals surface area contributed by atoms with Crippen molar-refractivity contribution in [1.29, 1.82) is 0 Å². The van der Waals surface area contributed by atoms with Gasteiger partial charge in [0.15, 0.2) is 10.9 Å². The molecule has 2 saturated heterocycles. The van der Waals surface area contributed by atoms with Crippen molar-refractivity contribution < 1.29 is 23.5 Å². The Balaban J connectivity index is 1.40. The first-order valence-corrected chi connectivity index (χ1v) is 14.5. The number of ether oxygens (including phenoxy) is 1. The van der Waals surface area contributed by atoms with Gasteiger partial charge in [-0.15, -0.1) is 0 Å². The number of piperidine rings is 1. The van der Waals surface area contributed by atoms with E-state index in [1.165, 1.54) is 11.0 Å². The molecule has 1 atom stereocenters. The summed E-state index contributed by atoms with van der Waals surface area (Å²) in [4.78, 5) is 45.0. The molecule has 7 nitrogen and oxygen atoms in total. The molecule has 1 unspecified atom stereocenters. The molecule has 0 N–H and O–H groups in total. The smallest absolute Gasteiger partial charge is 0.265 e. The molecule has 216 valence electrons. The zero-order valence-corrected chi connectivity index (χ0v) is 24.4. The second-order valence-electron chi connectivity index (χ2n) is 10.1. The van der Waals surface area contributed by atoms with Crippen molar-refractivity contribution in [3.63, 3.8) is 0 Å². The van der Waals surface area contributed by atoms with Gasteiger partial charge in [0.25, 0.3) is 17.7 Å². The van der Waals surface area contributed by atoms with Gasteiger partial charge in [-0.05, 0) is 73.9 Å². The number of nitrogens with zero attached hydrogens (tertiary/aromatic N) is 3. The number of hydrogen-bond donors (Lipinski definition) is 0. The molecule has 10 heteroatoms. The van der Waals surface area contributed by atoms with E-state index in [9.17, 15) is 14.4 Å². The van der Waals surface area contributed by atoms with Gasteiger partial charge in [0.05, 0.1) is 16.4 Å². The SMILES string of the molecule is O=C1C2CCCCN2C(=S)N1c1cc(Oc2ccccc2N(C(=O)c2ccccc2)C(=O)c2ccccc2)c(Cl)cc1F.